The standard InChI is InChI=1S/C15H15N3O3/c19-15(20)18-8-14-13-3-1-2-11(12(13)4-5-21-14)10-6-16-9-17-7-10/h1-3,6-7,9,14,18H,4-5,8H2,(H,19,20). The van der Waals surface area contributed by atoms with Crippen molar-refractivity contribution in [3.05, 3.63) is 48.0 Å². The van der Waals surface area contributed by atoms with Gasteiger partial charge in [-0.1, -0.05) is 18.2 Å². The SMILES string of the molecule is O=C(O)NCC1OCCc2c(-c3cncnc3)cccc21. The molecule has 2 heterocycles. The lowest BCUT2D eigenvalue weighted by molar-refractivity contribution is 0.0428. The van der Waals surface area contributed by atoms with E-state index in [2.05, 4.69) is 15.3 Å². The summed E-state index contributed by atoms with van der Waals surface area (Å²) in [6.07, 6.45) is 4.56. The van der Waals surface area contributed by atoms with E-state index in [1.165, 1.54) is 11.9 Å². The number of fused-ring (bicyclic) bond motifs is 1. The van der Waals surface area contributed by atoms with Crippen molar-refractivity contribution in [3.63, 3.8) is 0 Å². The second kappa shape index (κ2) is 5.88. The van der Waals surface area contributed by atoms with Crippen molar-refractivity contribution in [2.24, 2.45) is 0 Å². The zero-order valence-electron chi connectivity index (χ0n) is 11.3. The largest absolute Gasteiger partial charge is 0.465 e. The molecule has 0 spiro atoms. The van der Waals surface area contributed by atoms with Crippen LogP contribution in [0.5, 0.6) is 0 Å². The van der Waals surface area contributed by atoms with Crippen molar-refractivity contribution in [2.75, 3.05) is 13.2 Å². The third kappa shape index (κ3) is 2.85. The Morgan fingerprint density at radius 1 is 1.38 bits per heavy atom. The maximum Gasteiger partial charge on any atom is 0.404 e. The Bertz CT molecular complexity index is 646. The van der Waals surface area contributed by atoms with E-state index in [0.717, 1.165) is 23.1 Å². The molecule has 1 aliphatic rings. The van der Waals surface area contributed by atoms with Gasteiger partial charge in [-0.05, 0) is 23.1 Å². The molecule has 1 amide bonds. The van der Waals surface area contributed by atoms with E-state index >= 15 is 0 Å². The van der Waals surface area contributed by atoms with Crippen molar-refractivity contribution >= 4 is 6.09 Å². The van der Waals surface area contributed by atoms with Crippen LogP contribution in [0.1, 0.15) is 17.2 Å². The second-order valence-electron chi connectivity index (χ2n) is 4.80. The third-order valence-corrected chi connectivity index (χ3v) is 3.54. The minimum atomic E-state index is -1.04. The Labute approximate surface area is 121 Å². The minimum absolute atomic E-state index is 0.247. The summed E-state index contributed by atoms with van der Waals surface area (Å²) < 4.78 is 5.69. The summed E-state index contributed by atoms with van der Waals surface area (Å²) in [6, 6.07) is 5.96. The molecule has 0 aliphatic carbocycles. The number of nitrogens with one attached hydrogen (secondary N) is 1. The average molecular weight is 285 g/mol. The number of hydrogen-bond acceptors (Lipinski definition) is 4. The normalized spacial score (nSPS) is 17.0. The quantitative estimate of drug-likeness (QED) is 0.901. The maximum atomic E-state index is 10.7. The molecule has 1 aliphatic heterocycles. The van der Waals surface area contributed by atoms with Crippen LogP contribution < -0.4 is 5.32 Å². The van der Waals surface area contributed by atoms with Gasteiger partial charge in [0.15, 0.2) is 0 Å². The monoisotopic (exact) mass is 285 g/mol. The zero-order chi connectivity index (χ0) is 14.7. The van der Waals surface area contributed by atoms with Gasteiger partial charge in [0.1, 0.15) is 12.4 Å². The zero-order valence-corrected chi connectivity index (χ0v) is 11.3. The molecule has 108 valence electrons. The summed E-state index contributed by atoms with van der Waals surface area (Å²) in [4.78, 5) is 18.8. The fraction of sp³-hybridized carbons (Fsp3) is 0.267. The number of carboxylic acid groups (broad SMARTS) is 1. The smallest absolute Gasteiger partial charge is 0.404 e. The third-order valence-electron chi connectivity index (χ3n) is 3.54. The first-order valence-corrected chi connectivity index (χ1v) is 6.71. The van der Waals surface area contributed by atoms with E-state index in [-0.39, 0.29) is 12.6 Å². The van der Waals surface area contributed by atoms with Gasteiger partial charge in [-0.3, -0.25) is 0 Å². The highest BCUT2D eigenvalue weighted by molar-refractivity contribution is 5.68. The van der Waals surface area contributed by atoms with E-state index in [9.17, 15) is 4.79 Å². The van der Waals surface area contributed by atoms with Gasteiger partial charge in [0, 0.05) is 18.0 Å². The second-order valence-corrected chi connectivity index (χ2v) is 4.80. The van der Waals surface area contributed by atoms with Crippen LogP contribution >= 0.6 is 0 Å². The van der Waals surface area contributed by atoms with Gasteiger partial charge in [-0.25, -0.2) is 14.8 Å². The van der Waals surface area contributed by atoms with Gasteiger partial charge in [0.25, 0.3) is 0 Å². The van der Waals surface area contributed by atoms with Gasteiger partial charge >= 0.3 is 6.09 Å². The van der Waals surface area contributed by atoms with Gasteiger partial charge in [0.05, 0.1) is 13.2 Å². The minimum Gasteiger partial charge on any atom is -0.465 e. The summed E-state index contributed by atoms with van der Waals surface area (Å²) in [6.45, 7) is 0.820. The van der Waals surface area contributed by atoms with E-state index in [1.807, 2.05) is 18.2 Å². The van der Waals surface area contributed by atoms with Crippen LogP contribution in [0.4, 0.5) is 4.79 Å². The Morgan fingerprint density at radius 3 is 2.95 bits per heavy atom. The van der Waals surface area contributed by atoms with E-state index in [1.54, 1.807) is 12.4 Å². The number of rotatable bonds is 3. The molecule has 1 aromatic heterocycles. The van der Waals surface area contributed by atoms with Crippen molar-refractivity contribution in [3.8, 4) is 11.1 Å². The first-order chi connectivity index (χ1) is 10.3. The van der Waals surface area contributed by atoms with Gasteiger partial charge in [-0.15, -0.1) is 0 Å². The highest BCUT2D eigenvalue weighted by Gasteiger charge is 2.23. The lowest BCUT2D eigenvalue weighted by Crippen LogP contribution is -2.30. The van der Waals surface area contributed by atoms with Crippen LogP contribution in [-0.2, 0) is 11.2 Å². The molecular formula is C15H15N3O3. The van der Waals surface area contributed by atoms with Crippen molar-refractivity contribution in [1.29, 1.82) is 0 Å². The Hall–Kier alpha value is -2.47. The van der Waals surface area contributed by atoms with Crippen LogP contribution in [0.15, 0.2) is 36.9 Å². The number of aromatic nitrogens is 2. The van der Waals surface area contributed by atoms with Crippen molar-refractivity contribution in [2.45, 2.75) is 12.5 Å². The molecule has 0 bridgehead atoms. The lowest BCUT2D eigenvalue weighted by Gasteiger charge is -2.27. The predicted molar refractivity (Wildman–Crippen MR) is 75.9 cm³/mol. The lowest BCUT2D eigenvalue weighted by atomic mass is 9.90. The van der Waals surface area contributed by atoms with E-state index in [4.69, 9.17) is 9.84 Å². The summed E-state index contributed by atoms with van der Waals surface area (Å²) in [5.74, 6) is 0. The number of amides is 1. The number of ether oxygens (including phenoxy) is 1. The van der Waals surface area contributed by atoms with Gasteiger partial charge in [0.2, 0.25) is 0 Å². The number of nitrogens with zero attached hydrogens (tertiary/aromatic N) is 2. The first kappa shape index (κ1) is 13.5. The summed E-state index contributed by atoms with van der Waals surface area (Å²) >= 11 is 0. The Morgan fingerprint density at radius 2 is 2.19 bits per heavy atom. The van der Waals surface area contributed by atoms with Crippen LogP contribution in [-0.4, -0.2) is 34.3 Å². The van der Waals surface area contributed by atoms with Crippen LogP contribution in [0, 0.1) is 0 Å². The van der Waals surface area contributed by atoms with Crippen LogP contribution in [0.2, 0.25) is 0 Å². The fourth-order valence-corrected chi connectivity index (χ4v) is 2.64. The molecule has 1 aromatic carbocycles. The molecule has 0 saturated carbocycles. The Balaban J connectivity index is 1.96. The molecule has 3 rings (SSSR count). The predicted octanol–water partition coefficient (Wildman–Crippen LogP) is 2.02. The first-order valence-electron chi connectivity index (χ1n) is 6.71. The van der Waals surface area contributed by atoms with Gasteiger partial charge < -0.3 is 15.2 Å². The molecule has 0 fully saturated rings. The summed E-state index contributed by atoms with van der Waals surface area (Å²) in [5, 5.41) is 11.1. The molecule has 21 heavy (non-hydrogen) atoms. The molecule has 1 unspecified atom stereocenters. The number of carbonyl (C=O) groups is 1. The molecule has 6 nitrogen and oxygen atoms in total. The molecule has 2 N–H and O–H groups in total. The van der Waals surface area contributed by atoms with Crippen LogP contribution in [0.3, 0.4) is 0 Å². The van der Waals surface area contributed by atoms with Crippen molar-refractivity contribution < 1.29 is 14.6 Å². The van der Waals surface area contributed by atoms with Crippen molar-refractivity contribution in [1.82, 2.24) is 15.3 Å². The molecule has 6 heteroatoms. The molecule has 2 aromatic rings. The molecule has 0 saturated heterocycles. The number of benzene rings is 1. The average Bonchev–Trinajstić information content (AvgIpc) is 2.53. The molecular weight excluding hydrogens is 270 g/mol. The van der Waals surface area contributed by atoms with Crippen LogP contribution in [0.25, 0.3) is 11.1 Å². The highest BCUT2D eigenvalue weighted by atomic mass is 16.5. The summed E-state index contributed by atoms with van der Waals surface area (Å²) in [7, 11) is 0. The highest BCUT2D eigenvalue weighted by Crippen LogP contribution is 2.33. The molecule has 0 radical (unpaired) electrons. The van der Waals surface area contributed by atoms with E-state index < -0.39 is 6.09 Å². The molecule has 1 atom stereocenters. The maximum absolute atomic E-state index is 10.7. The van der Waals surface area contributed by atoms with E-state index in [0.29, 0.717) is 6.61 Å². The fourth-order valence-electron chi connectivity index (χ4n) is 2.64. The summed E-state index contributed by atoms with van der Waals surface area (Å²) in [5.41, 5.74) is 4.24. The Kier molecular flexibility index (Phi) is 3.79. The topological polar surface area (TPSA) is 84.3 Å². The van der Waals surface area contributed by atoms with Gasteiger partial charge in [-0.2, -0.15) is 0 Å². The number of hydrogen-bond donors (Lipinski definition) is 2.